The maximum atomic E-state index is 13.8. The number of imide groups is 1. The van der Waals surface area contributed by atoms with E-state index in [4.69, 9.17) is 4.74 Å². The van der Waals surface area contributed by atoms with Crippen LogP contribution < -0.4 is 9.64 Å². The Morgan fingerprint density at radius 2 is 1.76 bits per heavy atom. The Labute approximate surface area is 191 Å². The van der Waals surface area contributed by atoms with E-state index in [1.165, 1.54) is 23.1 Å². The second-order valence-corrected chi connectivity index (χ2v) is 7.73. The zero-order chi connectivity index (χ0) is 23.4. The van der Waals surface area contributed by atoms with Gasteiger partial charge in [-0.25, -0.2) is 9.29 Å². The average molecular weight is 446 g/mol. The fourth-order valence-electron chi connectivity index (χ4n) is 3.94. The number of methoxy groups -OCH3 is 1. The predicted molar refractivity (Wildman–Crippen MR) is 121 cm³/mol. The van der Waals surface area contributed by atoms with Gasteiger partial charge in [-0.1, -0.05) is 36.4 Å². The molecular weight excluding hydrogens is 423 g/mol. The summed E-state index contributed by atoms with van der Waals surface area (Å²) in [6.45, 7) is 0.188. The topological polar surface area (TPSA) is 66.9 Å². The molecule has 1 aliphatic rings. The van der Waals surface area contributed by atoms with E-state index in [-0.39, 0.29) is 24.4 Å². The van der Waals surface area contributed by atoms with E-state index in [1.54, 1.807) is 37.4 Å². The SMILES string of the molecule is COc1ccc(CCN(C(=O)c2cccc(F)c2)[C@@H]2CC(=O)N(c3ccccc3)C2=O)cc1. The Balaban J connectivity index is 1.62. The third-order valence-electron chi connectivity index (χ3n) is 5.65. The van der Waals surface area contributed by atoms with Crippen LogP contribution in [0.2, 0.25) is 0 Å². The molecule has 1 saturated heterocycles. The van der Waals surface area contributed by atoms with Crippen LogP contribution in [0, 0.1) is 5.82 Å². The molecular formula is C26H23FN2O4. The van der Waals surface area contributed by atoms with E-state index in [1.807, 2.05) is 24.3 Å². The van der Waals surface area contributed by atoms with Gasteiger partial charge in [-0.2, -0.15) is 0 Å². The number of hydrogen-bond donors (Lipinski definition) is 0. The molecule has 1 fully saturated rings. The molecule has 3 amide bonds. The number of nitrogens with zero attached hydrogens (tertiary/aromatic N) is 2. The number of carbonyl (C=O) groups is 3. The highest BCUT2D eigenvalue weighted by molar-refractivity contribution is 6.23. The van der Waals surface area contributed by atoms with Gasteiger partial charge >= 0.3 is 0 Å². The summed E-state index contributed by atoms with van der Waals surface area (Å²) in [5, 5.41) is 0. The summed E-state index contributed by atoms with van der Waals surface area (Å²) in [5.41, 5.74) is 1.52. The van der Waals surface area contributed by atoms with Crippen LogP contribution in [0.25, 0.3) is 0 Å². The largest absolute Gasteiger partial charge is 0.497 e. The van der Waals surface area contributed by atoms with Gasteiger partial charge in [-0.3, -0.25) is 14.4 Å². The van der Waals surface area contributed by atoms with Crippen molar-refractivity contribution < 1.29 is 23.5 Å². The van der Waals surface area contributed by atoms with Crippen LogP contribution in [0.15, 0.2) is 78.9 Å². The van der Waals surface area contributed by atoms with Crippen molar-refractivity contribution in [2.45, 2.75) is 18.9 Å². The number of para-hydroxylation sites is 1. The van der Waals surface area contributed by atoms with E-state index >= 15 is 0 Å². The van der Waals surface area contributed by atoms with E-state index < -0.39 is 23.7 Å². The number of amides is 3. The molecule has 0 unspecified atom stereocenters. The molecule has 4 rings (SSSR count). The Morgan fingerprint density at radius 1 is 1.03 bits per heavy atom. The summed E-state index contributed by atoms with van der Waals surface area (Å²) in [6.07, 6.45) is 0.325. The first kappa shape index (κ1) is 22.2. The van der Waals surface area contributed by atoms with Crippen LogP contribution in [0.5, 0.6) is 5.75 Å². The molecule has 0 aliphatic carbocycles. The third kappa shape index (κ3) is 4.77. The number of carbonyl (C=O) groups excluding carboxylic acids is 3. The second-order valence-electron chi connectivity index (χ2n) is 7.73. The van der Waals surface area contributed by atoms with Gasteiger partial charge in [0.2, 0.25) is 5.91 Å². The average Bonchev–Trinajstić information content (AvgIpc) is 3.13. The van der Waals surface area contributed by atoms with Gasteiger partial charge in [0.05, 0.1) is 19.2 Å². The van der Waals surface area contributed by atoms with Crippen LogP contribution in [0.1, 0.15) is 22.3 Å². The Morgan fingerprint density at radius 3 is 2.42 bits per heavy atom. The van der Waals surface area contributed by atoms with Gasteiger partial charge in [-0.15, -0.1) is 0 Å². The molecule has 1 aliphatic heterocycles. The number of benzene rings is 3. The minimum absolute atomic E-state index is 0.128. The Hall–Kier alpha value is -4.00. The van der Waals surface area contributed by atoms with Gasteiger partial charge in [0, 0.05) is 12.1 Å². The maximum Gasteiger partial charge on any atom is 0.257 e. The molecule has 6 nitrogen and oxygen atoms in total. The number of rotatable bonds is 7. The lowest BCUT2D eigenvalue weighted by Gasteiger charge is -2.28. The molecule has 0 radical (unpaired) electrons. The second kappa shape index (κ2) is 9.65. The molecule has 0 spiro atoms. The molecule has 3 aromatic carbocycles. The van der Waals surface area contributed by atoms with Gasteiger partial charge < -0.3 is 9.64 Å². The smallest absolute Gasteiger partial charge is 0.257 e. The summed E-state index contributed by atoms with van der Waals surface area (Å²) >= 11 is 0. The van der Waals surface area contributed by atoms with Crippen molar-refractivity contribution in [1.82, 2.24) is 4.90 Å². The fourth-order valence-corrected chi connectivity index (χ4v) is 3.94. The molecule has 0 aromatic heterocycles. The summed E-state index contributed by atoms with van der Waals surface area (Å²) < 4.78 is 19.0. The lowest BCUT2D eigenvalue weighted by Crippen LogP contribution is -2.46. The molecule has 7 heteroatoms. The number of hydrogen-bond acceptors (Lipinski definition) is 4. The van der Waals surface area contributed by atoms with Crippen molar-refractivity contribution in [3.63, 3.8) is 0 Å². The predicted octanol–water partition coefficient (Wildman–Crippen LogP) is 3.85. The van der Waals surface area contributed by atoms with Crippen molar-refractivity contribution in [2.75, 3.05) is 18.6 Å². The standard InChI is InChI=1S/C26H23FN2O4/c1-33-22-12-10-18(11-13-22)14-15-28(25(31)19-6-5-7-20(27)16-19)23-17-24(30)29(26(23)32)21-8-3-2-4-9-21/h2-13,16,23H,14-15,17H2,1H3/t23-/m1/s1. The highest BCUT2D eigenvalue weighted by Crippen LogP contribution is 2.27. The van der Waals surface area contributed by atoms with Crippen LogP contribution in [0.4, 0.5) is 10.1 Å². The van der Waals surface area contributed by atoms with Crippen LogP contribution in [-0.4, -0.2) is 42.3 Å². The number of ether oxygens (including phenoxy) is 1. The third-order valence-corrected chi connectivity index (χ3v) is 5.65. The lowest BCUT2D eigenvalue weighted by atomic mass is 10.1. The van der Waals surface area contributed by atoms with Crippen molar-refractivity contribution in [2.24, 2.45) is 0 Å². The maximum absolute atomic E-state index is 13.8. The first-order chi connectivity index (χ1) is 16.0. The highest BCUT2D eigenvalue weighted by Gasteiger charge is 2.44. The minimum atomic E-state index is -0.966. The summed E-state index contributed by atoms with van der Waals surface area (Å²) in [7, 11) is 1.58. The summed E-state index contributed by atoms with van der Waals surface area (Å²) in [6, 6.07) is 20.4. The zero-order valence-corrected chi connectivity index (χ0v) is 18.1. The van der Waals surface area contributed by atoms with Crippen molar-refractivity contribution in [3.05, 3.63) is 95.8 Å². The zero-order valence-electron chi connectivity index (χ0n) is 18.1. The Bertz CT molecular complexity index is 1160. The molecule has 168 valence electrons. The van der Waals surface area contributed by atoms with Crippen molar-refractivity contribution in [1.29, 1.82) is 0 Å². The minimum Gasteiger partial charge on any atom is -0.497 e. The molecule has 0 bridgehead atoms. The lowest BCUT2D eigenvalue weighted by molar-refractivity contribution is -0.122. The molecule has 1 heterocycles. The van der Waals surface area contributed by atoms with Crippen molar-refractivity contribution >= 4 is 23.4 Å². The van der Waals surface area contributed by atoms with Crippen LogP contribution in [0.3, 0.4) is 0 Å². The van der Waals surface area contributed by atoms with Gasteiger partial charge in [0.15, 0.2) is 0 Å². The van der Waals surface area contributed by atoms with E-state index in [0.717, 1.165) is 16.5 Å². The van der Waals surface area contributed by atoms with Gasteiger partial charge in [0.25, 0.3) is 11.8 Å². The molecule has 0 saturated carbocycles. The Kier molecular flexibility index (Phi) is 6.49. The molecule has 1 atom stereocenters. The van der Waals surface area contributed by atoms with Crippen LogP contribution >= 0.6 is 0 Å². The quantitative estimate of drug-likeness (QED) is 0.517. The highest BCUT2D eigenvalue weighted by atomic mass is 19.1. The first-order valence-electron chi connectivity index (χ1n) is 10.6. The summed E-state index contributed by atoms with van der Waals surface area (Å²) in [5.74, 6) is -1.18. The van der Waals surface area contributed by atoms with Crippen molar-refractivity contribution in [3.8, 4) is 5.75 Å². The van der Waals surface area contributed by atoms with E-state index in [0.29, 0.717) is 17.9 Å². The van der Waals surface area contributed by atoms with Gasteiger partial charge in [-0.05, 0) is 54.4 Å². The van der Waals surface area contributed by atoms with Gasteiger partial charge in [0.1, 0.15) is 17.6 Å². The van der Waals surface area contributed by atoms with E-state index in [9.17, 15) is 18.8 Å². The normalized spacial score (nSPS) is 15.6. The first-order valence-corrected chi connectivity index (χ1v) is 10.6. The number of anilines is 1. The number of halogens is 1. The van der Waals surface area contributed by atoms with Crippen LogP contribution in [-0.2, 0) is 16.0 Å². The van der Waals surface area contributed by atoms with E-state index in [2.05, 4.69) is 0 Å². The molecule has 33 heavy (non-hydrogen) atoms. The molecule has 0 N–H and O–H groups in total. The summed E-state index contributed by atoms with van der Waals surface area (Å²) in [4.78, 5) is 41.9. The fraction of sp³-hybridized carbons (Fsp3) is 0.192. The molecule has 3 aromatic rings. The monoisotopic (exact) mass is 446 g/mol.